The highest BCUT2D eigenvalue weighted by Gasteiger charge is 1.98. The number of hydrogen-bond donors (Lipinski definition) is 1. The van der Waals surface area contributed by atoms with Crippen molar-refractivity contribution in [3.63, 3.8) is 0 Å². The van der Waals surface area contributed by atoms with E-state index < -0.39 is 0 Å². The summed E-state index contributed by atoms with van der Waals surface area (Å²) in [5.74, 6) is 0.939. The SMILES string of the molecule is c1ccc(CCCNCc2ccc(OCCc3ccccc3)cc2)cc1. The molecule has 0 saturated carbocycles. The zero-order chi connectivity index (χ0) is 17.9. The third-order valence-corrected chi connectivity index (χ3v) is 4.42. The molecule has 0 fully saturated rings. The first-order valence-electron chi connectivity index (χ1n) is 9.40. The lowest BCUT2D eigenvalue weighted by Crippen LogP contribution is -2.15. The first-order valence-corrected chi connectivity index (χ1v) is 9.40. The second-order valence-corrected chi connectivity index (χ2v) is 6.49. The minimum Gasteiger partial charge on any atom is -0.493 e. The van der Waals surface area contributed by atoms with Gasteiger partial charge in [-0.1, -0.05) is 72.8 Å². The molecule has 0 radical (unpaired) electrons. The lowest BCUT2D eigenvalue weighted by Gasteiger charge is -2.08. The Hall–Kier alpha value is -2.58. The van der Waals surface area contributed by atoms with Crippen LogP contribution in [0.2, 0.25) is 0 Å². The van der Waals surface area contributed by atoms with Crippen molar-refractivity contribution >= 4 is 0 Å². The van der Waals surface area contributed by atoms with Gasteiger partial charge in [-0.15, -0.1) is 0 Å². The van der Waals surface area contributed by atoms with Gasteiger partial charge in [0, 0.05) is 13.0 Å². The molecule has 0 heterocycles. The molecule has 3 aromatic carbocycles. The topological polar surface area (TPSA) is 21.3 Å². The molecule has 0 aliphatic heterocycles. The number of hydrogen-bond acceptors (Lipinski definition) is 2. The number of rotatable bonds is 10. The van der Waals surface area contributed by atoms with E-state index >= 15 is 0 Å². The van der Waals surface area contributed by atoms with Gasteiger partial charge in [0.1, 0.15) is 5.75 Å². The summed E-state index contributed by atoms with van der Waals surface area (Å²) in [6.45, 7) is 2.64. The molecule has 134 valence electrons. The van der Waals surface area contributed by atoms with Gasteiger partial charge in [0.2, 0.25) is 0 Å². The Morgan fingerprint density at radius 1 is 0.615 bits per heavy atom. The van der Waals surface area contributed by atoms with Crippen LogP contribution in [0.3, 0.4) is 0 Å². The lowest BCUT2D eigenvalue weighted by molar-refractivity contribution is 0.322. The van der Waals surface area contributed by atoms with Crippen LogP contribution in [0, 0.1) is 0 Å². The van der Waals surface area contributed by atoms with Gasteiger partial charge in [-0.05, 0) is 48.2 Å². The quantitative estimate of drug-likeness (QED) is 0.520. The van der Waals surface area contributed by atoms with Gasteiger partial charge in [0.05, 0.1) is 6.61 Å². The number of benzene rings is 3. The van der Waals surface area contributed by atoms with Crippen LogP contribution in [-0.2, 0) is 19.4 Å². The Bertz CT molecular complexity index is 738. The summed E-state index contributed by atoms with van der Waals surface area (Å²) in [4.78, 5) is 0. The summed E-state index contributed by atoms with van der Waals surface area (Å²) in [6.07, 6.45) is 3.22. The van der Waals surface area contributed by atoms with Crippen LogP contribution in [0.5, 0.6) is 5.75 Å². The maximum absolute atomic E-state index is 5.84. The summed E-state index contributed by atoms with van der Waals surface area (Å²) in [6, 6.07) is 29.5. The van der Waals surface area contributed by atoms with E-state index in [-0.39, 0.29) is 0 Å². The van der Waals surface area contributed by atoms with E-state index in [1.54, 1.807) is 0 Å². The maximum Gasteiger partial charge on any atom is 0.119 e. The molecule has 1 N–H and O–H groups in total. The third kappa shape index (κ3) is 6.38. The molecular formula is C24H27NO. The van der Waals surface area contributed by atoms with E-state index in [2.05, 4.69) is 84.2 Å². The Kier molecular flexibility index (Phi) is 7.30. The van der Waals surface area contributed by atoms with E-state index in [0.29, 0.717) is 6.61 Å². The molecule has 0 bridgehead atoms. The highest BCUT2D eigenvalue weighted by Crippen LogP contribution is 2.13. The van der Waals surface area contributed by atoms with E-state index in [0.717, 1.165) is 38.1 Å². The number of nitrogens with one attached hydrogen (secondary N) is 1. The summed E-state index contributed by atoms with van der Waals surface area (Å²) in [7, 11) is 0. The molecule has 3 rings (SSSR count). The Balaban J connectivity index is 1.31. The summed E-state index contributed by atoms with van der Waals surface area (Å²) >= 11 is 0. The van der Waals surface area contributed by atoms with Crippen molar-refractivity contribution in [2.24, 2.45) is 0 Å². The fourth-order valence-electron chi connectivity index (χ4n) is 2.93. The molecule has 0 saturated heterocycles. The van der Waals surface area contributed by atoms with E-state index in [1.165, 1.54) is 16.7 Å². The molecule has 3 aromatic rings. The summed E-state index contributed by atoms with van der Waals surface area (Å²) in [5, 5.41) is 3.52. The van der Waals surface area contributed by atoms with Crippen molar-refractivity contribution in [1.29, 1.82) is 0 Å². The fraction of sp³-hybridized carbons (Fsp3) is 0.250. The number of ether oxygens (including phenoxy) is 1. The predicted molar refractivity (Wildman–Crippen MR) is 109 cm³/mol. The van der Waals surface area contributed by atoms with E-state index in [9.17, 15) is 0 Å². The van der Waals surface area contributed by atoms with Crippen molar-refractivity contribution in [3.8, 4) is 5.75 Å². The second kappa shape index (κ2) is 10.4. The van der Waals surface area contributed by atoms with Crippen molar-refractivity contribution in [2.75, 3.05) is 13.2 Å². The van der Waals surface area contributed by atoms with Gasteiger partial charge in [-0.25, -0.2) is 0 Å². The molecule has 0 aromatic heterocycles. The zero-order valence-electron chi connectivity index (χ0n) is 15.2. The molecule has 2 nitrogen and oxygen atoms in total. The Morgan fingerprint density at radius 2 is 1.23 bits per heavy atom. The molecule has 0 unspecified atom stereocenters. The summed E-state index contributed by atoms with van der Waals surface area (Å²) in [5.41, 5.74) is 4.01. The molecule has 0 atom stereocenters. The van der Waals surface area contributed by atoms with Gasteiger partial charge >= 0.3 is 0 Å². The van der Waals surface area contributed by atoms with Crippen LogP contribution in [-0.4, -0.2) is 13.2 Å². The minimum absolute atomic E-state index is 0.709. The maximum atomic E-state index is 5.84. The van der Waals surface area contributed by atoms with Gasteiger partial charge < -0.3 is 10.1 Å². The Labute approximate surface area is 156 Å². The average molecular weight is 345 g/mol. The molecule has 0 aliphatic carbocycles. The van der Waals surface area contributed by atoms with Crippen LogP contribution in [0.25, 0.3) is 0 Å². The van der Waals surface area contributed by atoms with Gasteiger partial charge in [0.15, 0.2) is 0 Å². The van der Waals surface area contributed by atoms with Crippen LogP contribution in [0.1, 0.15) is 23.1 Å². The van der Waals surface area contributed by atoms with Crippen LogP contribution >= 0.6 is 0 Å². The zero-order valence-corrected chi connectivity index (χ0v) is 15.2. The van der Waals surface area contributed by atoms with E-state index in [4.69, 9.17) is 4.74 Å². The lowest BCUT2D eigenvalue weighted by atomic mass is 10.1. The molecular weight excluding hydrogens is 318 g/mol. The Morgan fingerprint density at radius 3 is 1.88 bits per heavy atom. The summed E-state index contributed by atoms with van der Waals surface area (Å²) < 4.78 is 5.84. The normalized spacial score (nSPS) is 10.6. The molecule has 0 amide bonds. The van der Waals surface area contributed by atoms with E-state index in [1.807, 2.05) is 6.07 Å². The fourth-order valence-corrected chi connectivity index (χ4v) is 2.93. The van der Waals surface area contributed by atoms with Gasteiger partial charge in [-0.2, -0.15) is 0 Å². The second-order valence-electron chi connectivity index (χ2n) is 6.49. The third-order valence-electron chi connectivity index (χ3n) is 4.42. The van der Waals surface area contributed by atoms with Crippen LogP contribution < -0.4 is 10.1 Å². The monoisotopic (exact) mass is 345 g/mol. The van der Waals surface area contributed by atoms with Gasteiger partial charge in [0.25, 0.3) is 0 Å². The highest BCUT2D eigenvalue weighted by molar-refractivity contribution is 5.27. The minimum atomic E-state index is 0.709. The average Bonchev–Trinajstić information content (AvgIpc) is 2.70. The first-order chi connectivity index (χ1) is 12.9. The molecule has 2 heteroatoms. The van der Waals surface area contributed by atoms with Crippen molar-refractivity contribution < 1.29 is 4.74 Å². The molecule has 0 spiro atoms. The molecule has 0 aliphatic rings. The predicted octanol–water partition coefficient (Wildman–Crippen LogP) is 5.03. The first kappa shape index (κ1) is 18.2. The van der Waals surface area contributed by atoms with Crippen molar-refractivity contribution in [1.82, 2.24) is 5.32 Å². The highest BCUT2D eigenvalue weighted by atomic mass is 16.5. The largest absolute Gasteiger partial charge is 0.493 e. The van der Waals surface area contributed by atoms with Crippen LogP contribution in [0.15, 0.2) is 84.9 Å². The smallest absolute Gasteiger partial charge is 0.119 e. The standard InChI is InChI=1S/C24H27NO/c1-3-8-21(9-4-1)12-7-18-25-20-23-13-15-24(16-14-23)26-19-17-22-10-5-2-6-11-22/h1-6,8-11,13-16,25H,7,12,17-20H2. The van der Waals surface area contributed by atoms with Crippen molar-refractivity contribution in [2.45, 2.75) is 25.8 Å². The van der Waals surface area contributed by atoms with Gasteiger partial charge in [-0.3, -0.25) is 0 Å². The van der Waals surface area contributed by atoms with Crippen LogP contribution in [0.4, 0.5) is 0 Å². The molecule has 26 heavy (non-hydrogen) atoms. The number of aryl methyl sites for hydroxylation is 1. The van der Waals surface area contributed by atoms with Crippen molar-refractivity contribution in [3.05, 3.63) is 102 Å².